The van der Waals surface area contributed by atoms with Crippen molar-refractivity contribution in [1.82, 2.24) is 10.1 Å². The van der Waals surface area contributed by atoms with Crippen molar-refractivity contribution >= 4 is 0 Å². The van der Waals surface area contributed by atoms with E-state index in [2.05, 4.69) is 10.1 Å². The normalized spacial score (nSPS) is 19.0. The van der Waals surface area contributed by atoms with Gasteiger partial charge in [0.15, 0.2) is 0 Å². The van der Waals surface area contributed by atoms with Crippen LogP contribution in [0.4, 0.5) is 0 Å². The Morgan fingerprint density at radius 1 is 1.28 bits per heavy atom. The van der Waals surface area contributed by atoms with Crippen molar-refractivity contribution in [3.8, 4) is 0 Å². The molecule has 2 rings (SSSR count). The number of hydrogen-bond donors (Lipinski definition) is 1. The minimum atomic E-state index is -0.312. The summed E-state index contributed by atoms with van der Waals surface area (Å²) in [6.07, 6.45) is 8.40. The number of nitrogens with two attached hydrogens (primary N) is 1. The number of aryl methyl sites for hydroxylation is 1. The molecular weight excluding hydrogens is 230 g/mol. The van der Waals surface area contributed by atoms with Crippen LogP contribution in [0, 0.1) is 0 Å². The lowest BCUT2D eigenvalue weighted by Crippen LogP contribution is -2.32. The van der Waals surface area contributed by atoms with Crippen molar-refractivity contribution < 1.29 is 9.26 Å². The molecule has 0 amide bonds. The minimum Gasteiger partial charge on any atom is -0.370 e. The van der Waals surface area contributed by atoms with Gasteiger partial charge in [0.25, 0.3) is 0 Å². The van der Waals surface area contributed by atoms with Gasteiger partial charge in [0.2, 0.25) is 11.7 Å². The predicted octanol–water partition coefficient (Wildman–Crippen LogP) is 2.16. The van der Waals surface area contributed by atoms with Crippen LogP contribution in [0.5, 0.6) is 0 Å². The second kappa shape index (κ2) is 6.29. The zero-order chi connectivity index (χ0) is 12.8. The first kappa shape index (κ1) is 13.5. The molecule has 0 saturated heterocycles. The van der Waals surface area contributed by atoms with Gasteiger partial charge in [-0.25, -0.2) is 0 Å². The lowest BCUT2D eigenvalue weighted by molar-refractivity contribution is -0.0527. The third-order valence-electron chi connectivity index (χ3n) is 3.77. The van der Waals surface area contributed by atoms with Crippen molar-refractivity contribution in [2.75, 3.05) is 13.7 Å². The summed E-state index contributed by atoms with van der Waals surface area (Å²) < 4.78 is 11.0. The fourth-order valence-electron chi connectivity index (χ4n) is 2.60. The van der Waals surface area contributed by atoms with Crippen LogP contribution in [0.15, 0.2) is 4.52 Å². The molecule has 1 fully saturated rings. The topological polar surface area (TPSA) is 74.2 Å². The fourth-order valence-corrected chi connectivity index (χ4v) is 2.60. The average molecular weight is 253 g/mol. The smallest absolute Gasteiger partial charge is 0.226 e. The number of methoxy groups -OCH3 is 1. The lowest BCUT2D eigenvalue weighted by atomic mass is 9.84. The molecule has 1 heterocycles. The molecule has 0 atom stereocenters. The van der Waals surface area contributed by atoms with Gasteiger partial charge < -0.3 is 15.0 Å². The highest BCUT2D eigenvalue weighted by molar-refractivity contribution is 5.03. The van der Waals surface area contributed by atoms with Crippen molar-refractivity contribution in [1.29, 1.82) is 0 Å². The molecule has 0 aliphatic heterocycles. The highest BCUT2D eigenvalue weighted by atomic mass is 16.5. The zero-order valence-corrected chi connectivity index (χ0v) is 11.2. The van der Waals surface area contributed by atoms with E-state index >= 15 is 0 Å². The molecule has 102 valence electrons. The summed E-state index contributed by atoms with van der Waals surface area (Å²) in [5.74, 6) is 1.44. The second-order valence-corrected chi connectivity index (χ2v) is 5.02. The molecule has 0 unspecified atom stereocenters. The number of nitrogens with zero attached hydrogens (tertiary/aromatic N) is 2. The van der Waals surface area contributed by atoms with Crippen LogP contribution < -0.4 is 5.73 Å². The number of unbranched alkanes of at least 4 members (excludes halogenated alkanes) is 1. The summed E-state index contributed by atoms with van der Waals surface area (Å²) in [6.45, 7) is 0.711. The molecule has 2 N–H and O–H groups in total. The third-order valence-corrected chi connectivity index (χ3v) is 3.77. The summed E-state index contributed by atoms with van der Waals surface area (Å²) in [5, 5.41) is 4.12. The number of ether oxygens (including phenoxy) is 1. The first-order valence-corrected chi connectivity index (χ1v) is 6.89. The van der Waals surface area contributed by atoms with Gasteiger partial charge in [0.1, 0.15) is 5.60 Å². The number of hydrogen-bond acceptors (Lipinski definition) is 5. The summed E-state index contributed by atoms with van der Waals surface area (Å²) in [4.78, 5) is 4.51. The molecule has 5 heteroatoms. The SMILES string of the molecule is COC1(c2noc(CCCCN)n2)CCCCC1. The van der Waals surface area contributed by atoms with E-state index in [1.807, 2.05) is 0 Å². The lowest BCUT2D eigenvalue weighted by Gasteiger charge is -2.32. The second-order valence-electron chi connectivity index (χ2n) is 5.02. The van der Waals surface area contributed by atoms with Crippen molar-refractivity contribution in [2.45, 2.75) is 57.0 Å². The number of rotatable bonds is 6. The van der Waals surface area contributed by atoms with Gasteiger partial charge in [0.05, 0.1) is 0 Å². The molecule has 18 heavy (non-hydrogen) atoms. The van der Waals surface area contributed by atoms with E-state index in [0.717, 1.165) is 37.9 Å². The van der Waals surface area contributed by atoms with E-state index < -0.39 is 0 Å². The highest BCUT2D eigenvalue weighted by Crippen LogP contribution is 2.38. The fraction of sp³-hybridized carbons (Fsp3) is 0.846. The first-order chi connectivity index (χ1) is 8.80. The van der Waals surface area contributed by atoms with Gasteiger partial charge >= 0.3 is 0 Å². The molecular formula is C13H23N3O2. The molecule has 1 saturated carbocycles. The van der Waals surface area contributed by atoms with Crippen molar-refractivity contribution in [3.63, 3.8) is 0 Å². The molecule has 1 aromatic rings. The van der Waals surface area contributed by atoms with E-state index in [9.17, 15) is 0 Å². The quantitative estimate of drug-likeness (QED) is 0.786. The van der Waals surface area contributed by atoms with Gasteiger partial charge in [-0.05, 0) is 32.2 Å². The average Bonchev–Trinajstić information content (AvgIpc) is 2.89. The molecule has 0 spiro atoms. The standard InChI is InChI=1S/C13H23N3O2/c1-17-13(8-4-2-5-9-13)12-15-11(18-16-12)7-3-6-10-14/h2-10,14H2,1H3. The van der Waals surface area contributed by atoms with E-state index in [1.54, 1.807) is 7.11 Å². The maximum absolute atomic E-state index is 5.70. The molecule has 5 nitrogen and oxygen atoms in total. The van der Waals surface area contributed by atoms with Crippen LogP contribution in [0.1, 0.15) is 56.7 Å². The zero-order valence-electron chi connectivity index (χ0n) is 11.2. The van der Waals surface area contributed by atoms with Gasteiger partial charge in [-0.2, -0.15) is 4.98 Å². The summed E-state index contributed by atoms with van der Waals surface area (Å²) in [6, 6.07) is 0. The maximum Gasteiger partial charge on any atom is 0.226 e. The van der Waals surface area contributed by atoms with E-state index in [-0.39, 0.29) is 5.60 Å². The monoisotopic (exact) mass is 253 g/mol. The van der Waals surface area contributed by atoms with Crippen molar-refractivity contribution in [2.24, 2.45) is 5.73 Å². The van der Waals surface area contributed by atoms with Crippen LogP contribution >= 0.6 is 0 Å². The van der Waals surface area contributed by atoms with Crippen LogP contribution in [0.25, 0.3) is 0 Å². The molecule has 0 bridgehead atoms. The van der Waals surface area contributed by atoms with Gasteiger partial charge in [-0.1, -0.05) is 24.4 Å². The van der Waals surface area contributed by atoms with Gasteiger partial charge in [0, 0.05) is 13.5 Å². The van der Waals surface area contributed by atoms with Crippen molar-refractivity contribution in [3.05, 3.63) is 11.7 Å². The summed E-state index contributed by atoms with van der Waals surface area (Å²) in [7, 11) is 1.75. The maximum atomic E-state index is 5.70. The predicted molar refractivity (Wildman–Crippen MR) is 68.1 cm³/mol. The Bertz CT molecular complexity index is 359. The Labute approximate surface area is 108 Å². The Morgan fingerprint density at radius 3 is 2.72 bits per heavy atom. The Kier molecular flexibility index (Phi) is 4.72. The first-order valence-electron chi connectivity index (χ1n) is 6.89. The molecule has 1 aromatic heterocycles. The minimum absolute atomic E-state index is 0.312. The largest absolute Gasteiger partial charge is 0.370 e. The Morgan fingerprint density at radius 2 is 2.06 bits per heavy atom. The van der Waals surface area contributed by atoms with E-state index in [1.165, 1.54) is 19.3 Å². The Hall–Kier alpha value is -0.940. The number of aromatic nitrogens is 2. The molecule has 1 aliphatic rings. The van der Waals surface area contributed by atoms with Crippen LogP contribution in [-0.4, -0.2) is 23.8 Å². The summed E-state index contributed by atoms with van der Waals surface area (Å²) in [5.41, 5.74) is 5.16. The highest BCUT2D eigenvalue weighted by Gasteiger charge is 2.38. The van der Waals surface area contributed by atoms with Gasteiger partial charge in [-0.15, -0.1) is 0 Å². The van der Waals surface area contributed by atoms with Crippen LogP contribution in [0.2, 0.25) is 0 Å². The van der Waals surface area contributed by atoms with Gasteiger partial charge in [-0.3, -0.25) is 0 Å². The summed E-state index contributed by atoms with van der Waals surface area (Å²) >= 11 is 0. The molecule has 0 radical (unpaired) electrons. The van der Waals surface area contributed by atoms with Crippen LogP contribution in [0.3, 0.4) is 0 Å². The Balaban J connectivity index is 2.02. The van der Waals surface area contributed by atoms with Crippen LogP contribution in [-0.2, 0) is 16.8 Å². The molecule has 0 aromatic carbocycles. The molecule has 1 aliphatic carbocycles. The van der Waals surface area contributed by atoms with E-state index in [4.69, 9.17) is 15.0 Å². The van der Waals surface area contributed by atoms with E-state index in [0.29, 0.717) is 12.4 Å². The third kappa shape index (κ3) is 2.90.